The van der Waals surface area contributed by atoms with Gasteiger partial charge in [-0.2, -0.15) is 0 Å². The Morgan fingerprint density at radius 3 is 2.23 bits per heavy atom. The van der Waals surface area contributed by atoms with Gasteiger partial charge in [-0.25, -0.2) is 4.79 Å². The van der Waals surface area contributed by atoms with E-state index in [0.717, 1.165) is 10.5 Å². The third-order valence-corrected chi connectivity index (χ3v) is 6.26. The second-order valence-electron chi connectivity index (χ2n) is 7.11. The zero-order valence-corrected chi connectivity index (χ0v) is 17.8. The van der Waals surface area contributed by atoms with Gasteiger partial charge in [0.05, 0.1) is 5.25 Å². The van der Waals surface area contributed by atoms with Crippen molar-refractivity contribution in [2.75, 3.05) is 5.73 Å². The van der Waals surface area contributed by atoms with Crippen molar-refractivity contribution in [3.8, 4) is 0 Å². The maximum absolute atomic E-state index is 12.9. The molecular weight excluding hydrogens is 412 g/mol. The van der Waals surface area contributed by atoms with Gasteiger partial charge in [0.1, 0.15) is 6.61 Å². The van der Waals surface area contributed by atoms with E-state index in [4.69, 9.17) is 10.5 Å². The van der Waals surface area contributed by atoms with E-state index in [-0.39, 0.29) is 6.61 Å². The molecule has 3 rings (SSSR count). The van der Waals surface area contributed by atoms with Crippen LogP contribution in [-0.2, 0) is 16.1 Å². The molecule has 2 atom stereocenters. The average Bonchev–Trinajstić information content (AvgIpc) is 2.78. The molecule has 0 saturated heterocycles. The molecule has 3 aromatic rings. The number of benzene rings is 3. The Balaban J connectivity index is 1.76. The van der Waals surface area contributed by atoms with Crippen LogP contribution in [-0.4, -0.2) is 22.7 Å². The van der Waals surface area contributed by atoms with Gasteiger partial charge in [0.15, 0.2) is 5.60 Å². The highest BCUT2D eigenvalue weighted by Crippen LogP contribution is 2.44. The van der Waals surface area contributed by atoms with Gasteiger partial charge in [-0.15, -0.1) is 11.8 Å². The Bertz CT molecular complexity index is 1030. The molecule has 0 heterocycles. The smallest absolute Gasteiger partial charge is 0.414 e. The summed E-state index contributed by atoms with van der Waals surface area (Å²) in [5.41, 5.74) is 6.17. The van der Waals surface area contributed by atoms with E-state index < -0.39 is 22.9 Å². The van der Waals surface area contributed by atoms with E-state index in [2.05, 4.69) is 5.32 Å². The number of alkyl carbamates (subject to hydrolysis) is 1. The van der Waals surface area contributed by atoms with E-state index >= 15 is 0 Å². The molecule has 0 aliphatic rings. The number of amides is 2. The highest BCUT2D eigenvalue weighted by atomic mass is 32.2. The van der Waals surface area contributed by atoms with Gasteiger partial charge >= 0.3 is 6.09 Å². The summed E-state index contributed by atoms with van der Waals surface area (Å²) in [4.78, 5) is 25.7. The van der Waals surface area contributed by atoms with Crippen LogP contribution in [0.25, 0.3) is 0 Å². The molecule has 7 heteroatoms. The molecule has 0 fully saturated rings. The number of nitrogen functional groups attached to an aromatic ring is 1. The number of carbonyl (C=O) groups is 2. The number of carbonyl (C=O) groups excluding carboxylic acids is 2. The van der Waals surface area contributed by atoms with E-state index in [1.165, 1.54) is 18.7 Å². The van der Waals surface area contributed by atoms with Gasteiger partial charge in [0, 0.05) is 10.6 Å². The number of aliphatic hydroxyl groups is 1. The fourth-order valence-electron chi connectivity index (χ4n) is 2.95. The van der Waals surface area contributed by atoms with Crippen molar-refractivity contribution < 1.29 is 19.4 Å². The topological polar surface area (TPSA) is 102 Å². The van der Waals surface area contributed by atoms with Gasteiger partial charge in [-0.05, 0) is 30.2 Å². The summed E-state index contributed by atoms with van der Waals surface area (Å²) in [5.74, 6) is -0.860. The minimum absolute atomic E-state index is 0.0134. The molecule has 0 aliphatic carbocycles. The van der Waals surface area contributed by atoms with Gasteiger partial charge in [-0.1, -0.05) is 72.8 Å². The van der Waals surface area contributed by atoms with Crippen molar-refractivity contribution in [3.05, 3.63) is 96.1 Å². The van der Waals surface area contributed by atoms with Crippen molar-refractivity contribution in [1.29, 1.82) is 0 Å². The Morgan fingerprint density at radius 1 is 1.00 bits per heavy atom. The minimum Gasteiger partial charge on any atom is -0.444 e. The van der Waals surface area contributed by atoms with Crippen LogP contribution < -0.4 is 11.1 Å². The lowest BCUT2D eigenvalue weighted by atomic mass is 9.95. The van der Waals surface area contributed by atoms with Crippen molar-refractivity contribution in [3.63, 3.8) is 0 Å². The molecule has 0 spiro atoms. The quantitative estimate of drug-likeness (QED) is 0.377. The van der Waals surface area contributed by atoms with Gasteiger partial charge < -0.3 is 15.6 Å². The largest absolute Gasteiger partial charge is 0.444 e. The first-order chi connectivity index (χ1) is 14.9. The normalized spacial score (nSPS) is 13.6. The summed E-state index contributed by atoms with van der Waals surface area (Å²) in [5, 5.41) is 12.6. The SMILES string of the molecule is CC(O)(C(=O)NC(=O)OCc1ccccc1)C(Sc1ccccc1N)c1ccccc1. The Kier molecular flexibility index (Phi) is 7.33. The van der Waals surface area contributed by atoms with E-state index in [1.807, 2.05) is 66.7 Å². The number of hydrogen-bond acceptors (Lipinski definition) is 6. The van der Waals surface area contributed by atoms with Crippen LogP contribution in [0.5, 0.6) is 0 Å². The van der Waals surface area contributed by atoms with Crippen LogP contribution >= 0.6 is 11.8 Å². The van der Waals surface area contributed by atoms with Crippen LogP contribution in [0.15, 0.2) is 89.8 Å². The number of rotatable bonds is 7. The lowest BCUT2D eigenvalue weighted by Crippen LogP contribution is -2.50. The van der Waals surface area contributed by atoms with Gasteiger partial charge in [0.25, 0.3) is 5.91 Å². The maximum atomic E-state index is 12.9. The Labute approximate surface area is 185 Å². The highest BCUT2D eigenvalue weighted by Gasteiger charge is 2.42. The number of thioether (sulfide) groups is 1. The Hall–Kier alpha value is -3.29. The second kappa shape index (κ2) is 10.1. The third-order valence-electron chi connectivity index (χ3n) is 4.66. The fourth-order valence-corrected chi connectivity index (χ4v) is 4.19. The number of ether oxygens (including phenoxy) is 1. The number of hydrogen-bond donors (Lipinski definition) is 3. The molecule has 0 radical (unpaired) electrons. The molecule has 0 aliphatic heterocycles. The van der Waals surface area contributed by atoms with Crippen LogP contribution in [0, 0.1) is 0 Å². The number of para-hydroxylation sites is 1. The average molecular weight is 437 g/mol. The molecule has 2 amide bonds. The molecule has 2 unspecified atom stereocenters. The number of imide groups is 1. The lowest BCUT2D eigenvalue weighted by molar-refractivity contribution is -0.137. The second-order valence-corrected chi connectivity index (χ2v) is 8.26. The summed E-state index contributed by atoms with van der Waals surface area (Å²) in [6.07, 6.45) is -0.926. The maximum Gasteiger partial charge on any atom is 0.414 e. The van der Waals surface area contributed by atoms with Crippen LogP contribution in [0.3, 0.4) is 0 Å². The molecule has 3 aromatic carbocycles. The molecule has 4 N–H and O–H groups in total. The summed E-state index contributed by atoms with van der Waals surface area (Å²) in [7, 11) is 0. The van der Waals surface area contributed by atoms with Crippen LogP contribution in [0.2, 0.25) is 0 Å². The van der Waals surface area contributed by atoms with Crippen molar-refractivity contribution in [2.24, 2.45) is 0 Å². The molecule has 0 saturated carbocycles. The van der Waals surface area contributed by atoms with Gasteiger partial charge in [0.2, 0.25) is 0 Å². The monoisotopic (exact) mass is 436 g/mol. The van der Waals surface area contributed by atoms with E-state index in [1.54, 1.807) is 18.2 Å². The number of nitrogens with two attached hydrogens (primary N) is 1. The van der Waals surface area contributed by atoms with E-state index in [9.17, 15) is 14.7 Å². The molecule has 31 heavy (non-hydrogen) atoms. The van der Waals surface area contributed by atoms with Crippen molar-refractivity contribution in [2.45, 2.75) is 29.3 Å². The molecular formula is C24H24N2O4S. The van der Waals surface area contributed by atoms with Gasteiger partial charge in [-0.3, -0.25) is 10.1 Å². The summed E-state index contributed by atoms with van der Waals surface area (Å²) >= 11 is 1.25. The zero-order valence-electron chi connectivity index (χ0n) is 17.0. The van der Waals surface area contributed by atoms with Crippen LogP contribution in [0.4, 0.5) is 10.5 Å². The molecule has 0 aromatic heterocycles. The fraction of sp³-hybridized carbons (Fsp3) is 0.167. The van der Waals surface area contributed by atoms with Crippen LogP contribution in [0.1, 0.15) is 23.3 Å². The van der Waals surface area contributed by atoms with Crippen molar-refractivity contribution in [1.82, 2.24) is 5.32 Å². The number of nitrogens with one attached hydrogen (secondary N) is 1. The first kappa shape index (κ1) is 22.4. The lowest BCUT2D eigenvalue weighted by Gasteiger charge is -2.31. The third kappa shape index (κ3) is 5.87. The molecule has 0 bridgehead atoms. The first-order valence-corrected chi connectivity index (χ1v) is 10.6. The number of anilines is 1. The highest BCUT2D eigenvalue weighted by molar-refractivity contribution is 7.99. The Morgan fingerprint density at radius 2 is 1.58 bits per heavy atom. The summed E-state index contributed by atoms with van der Waals surface area (Å²) in [6.45, 7) is 1.39. The van der Waals surface area contributed by atoms with E-state index in [0.29, 0.717) is 11.3 Å². The minimum atomic E-state index is -1.93. The zero-order chi connectivity index (χ0) is 22.3. The predicted octanol–water partition coefficient (Wildman–Crippen LogP) is 4.31. The molecule has 6 nitrogen and oxygen atoms in total. The first-order valence-electron chi connectivity index (χ1n) is 9.68. The molecule has 160 valence electrons. The van der Waals surface area contributed by atoms with Crippen molar-refractivity contribution >= 4 is 29.4 Å². The predicted molar refractivity (Wildman–Crippen MR) is 121 cm³/mol. The summed E-state index contributed by atoms with van der Waals surface area (Å²) in [6, 6.07) is 25.4. The standard InChI is InChI=1S/C24H24N2O4S/c1-24(29,22(27)26-23(28)30-16-17-10-4-2-5-11-17)21(18-12-6-3-7-13-18)31-20-15-9-8-14-19(20)25/h2-15,21,29H,16,25H2,1H3,(H,26,27,28). The summed E-state index contributed by atoms with van der Waals surface area (Å²) < 4.78 is 5.11.